The predicted molar refractivity (Wildman–Crippen MR) is 153 cm³/mol. The van der Waals surface area contributed by atoms with Crippen LogP contribution in [0.3, 0.4) is 0 Å². The van der Waals surface area contributed by atoms with Crippen LogP contribution >= 0.6 is 0 Å². The van der Waals surface area contributed by atoms with E-state index >= 15 is 0 Å². The standard InChI is InChI=1S/3C9H8.3C2H6.Fe/c3*1-8(2)9-6-4-3-5-7-9;3*1-2;/h3*3-6H,1-2H2;3*1-2H3;/q3*-2;;;;+6. The van der Waals surface area contributed by atoms with Crippen molar-refractivity contribution in [3.8, 4) is 0 Å². The van der Waals surface area contributed by atoms with Crippen LogP contribution in [0.2, 0.25) is 0 Å². The van der Waals surface area contributed by atoms with Crippen molar-refractivity contribution >= 4 is 16.7 Å². The van der Waals surface area contributed by atoms with Crippen LogP contribution in [-0.4, -0.2) is 0 Å². The summed E-state index contributed by atoms with van der Waals surface area (Å²) in [7, 11) is 0. The molecular weight excluding hydrogens is 452 g/mol. The Morgan fingerprint density at radius 2 is 0.706 bits per heavy atom. The molecule has 3 rings (SSSR count). The average Bonchev–Trinajstić information content (AvgIpc) is 2.90. The van der Waals surface area contributed by atoms with Gasteiger partial charge in [-0.05, 0) is 0 Å². The van der Waals surface area contributed by atoms with Crippen LogP contribution in [0.25, 0.3) is 16.7 Å². The summed E-state index contributed by atoms with van der Waals surface area (Å²) >= 11 is 0. The van der Waals surface area contributed by atoms with E-state index < -0.39 is 0 Å². The summed E-state index contributed by atoms with van der Waals surface area (Å²) < 4.78 is 0. The Morgan fingerprint density at radius 1 is 0.500 bits per heavy atom. The SMILES string of the molecule is C=C([CH2-])c1[c-]cccc1.C=C([CH2-])c1[c-]cccc1.C=C([CH2-])c1[c-]cccc1.CC.CC.CC.[Fe+6]. The maximum Gasteiger partial charge on any atom is 6.00 e. The predicted octanol–water partition coefficient (Wildman–Crippen LogP) is 10.1. The van der Waals surface area contributed by atoms with Gasteiger partial charge in [-0.1, -0.05) is 41.5 Å². The molecule has 0 unspecified atom stereocenters. The van der Waals surface area contributed by atoms with E-state index in [1.807, 2.05) is 114 Å². The largest absolute Gasteiger partial charge is 6.00 e. The molecule has 34 heavy (non-hydrogen) atoms. The van der Waals surface area contributed by atoms with Crippen molar-refractivity contribution in [1.82, 2.24) is 0 Å². The van der Waals surface area contributed by atoms with Gasteiger partial charge in [0.15, 0.2) is 0 Å². The summed E-state index contributed by atoms with van der Waals surface area (Å²) in [5.74, 6) is 0. The van der Waals surface area contributed by atoms with E-state index in [2.05, 4.69) is 58.7 Å². The van der Waals surface area contributed by atoms with Gasteiger partial charge in [-0.25, -0.2) is 76.9 Å². The molecule has 0 aliphatic heterocycles. The third-order valence-corrected chi connectivity index (χ3v) is 3.27. The molecule has 1 heteroatoms. The number of allylic oxidation sites excluding steroid dienone is 3. The van der Waals surface area contributed by atoms with E-state index in [-0.39, 0.29) is 17.1 Å². The number of hydrogen-bond donors (Lipinski definition) is 0. The minimum absolute atomic E-state index is 0. The minimum atomic E-state index is 0. The molecule has 0 amide bonds. The van der Waals surface area contributed by atoms with Crippen LogP contribution in [0.1, 0.15) is 58.2 Å². The zero-order valence-corrected chi connectivity index (χ0v) is 23.1. The van der Waals surface area contributed by atoms with Crippen molar-refractivity contribution in [2.45, 2.75) is 41.5 Å². The first-order valence-corrected chi connectivity index (χ1v) is 11.4. The Morgan fingerprint density at radius 3 is 0.794 bits per heavy atom. The second kappa shape index (κ2) is 28.0. The first-order valence-electron chi connectivity index (χ1n) is 11.4. The van der Waals surface area contributed by atoms with E-state index in [0.29, 0.717) is 0 Å². The molecule has 0 spiro atoms. The first-order chi connectivity index (χ1) is 15.9. The fourth-order valence-corrected chi connectivity index (χ4v) is 1.84. The fraction of sp³-hybridized carbons (Fsp3) is 0.182. The van der Waals surface area contributed by atoms with Crippen LogP contribution in [0.5, 0.6) is 0 Å². The van der Waals surface area contributed by atoms with E-state index in [1.54, 1.807) is 0 Å². The second-order valence-corrected chi connectivity index (χ2v) is 5.64. The molecule has 3 aromatic carbocycles. The van der Waals surface area contributed by atoms with E-state index in [0.717, 1.165) is 33.4 Å². The van der Waals surface area contributed by atoms with Crippen molar-refractivity contribution in [2.75, 3.05) is 0 Å². The van der Waals surface area contributed by atoms with Crippen LogP contribution in [-0.2, 0) is 17.1 Å². The van der Waals surface area contributed by atoms with Crippen LogP contribution in [0.4, 0.5) is 0 Å². The van der Waals surface area contributed by atoms with Crippen molar-refractivity contribution in [1.29, 1.82) is 0 Å². The quantitative estimate of drug-likeness (QED) is 0.251. The van der Waals surface area contributed by atoms with E-state index in [1.165, 1.54) is 0 Å². The zero-order chi connectivity index (χ0) is 26.1. The zero-order valence-electron chi connectivity index (χ0n) is 22.0. The molecule has 0 aliphatic rings. The smallest absolute Gasteiger partial charge is 0.278 e. The first kappa shape index (κ1) is 38.3. The fourth-order valence-electron chi connectivity index (χ4n) is 1.84. The molecule has 0 radical (unpaired) electrons. The van der Waals surface area contributed by atoms with Crippen molar-refractivity contribution in [3.05, 3.63) is 148 Å². The summed E-state index contributed by atoms with van der Waals surface area (Å²) in [6.07, 6.45) is 0. The number of hydrogen-bond acceptors (Lipinski definition) is 0. The van der Waals surface area contributed by atoms with Gasteiger partial charge in [-0.15, -0.1) is 18.2 Å². The number of rotatable bonds is 3. The molecule has 0 nitrogen and oxygen atoms in total. The Labute approximate surface area is 223 Å². The van der Waals surface area contributed by atoms with Gasteiger partial charge >= 0.3 is 17.1 Å². The molecule has 182 valence electrons. The Kier molecular flexibility index (Phi) is 31.6. The molecule has 0 bridgehead atoms. The molecule has 0 aliphatic carbocycles. The normalized spacial score (nSPS) is 7.59. The molecule has 0 saturated heterocycles. The van der Waals surface area contributed by atoms with Gasteiger partial charge in [0.05, 0.1) is 0 Å². The second-order valence-electron chi connectivity index (χ2n) is 5.64. The molecule has 0 fully saturated rings. The summed E-state index contributed by atoms with van der Waals surface area (Å²) in [6.45, 7) is 34.1. The van der Waals surface area contributed by atoms with Gasteiger partial charge in [0.2, 0.25) is 0 Å². The van der Waals surface area contributed by atoms with Crippen LogP contribution < -0.4 is 0 Å². The molecule has 0 aromatic heterocycles. The van der Waals surface area contributed by atoms with E-state index in [9.17, 15) is 0 Å². The van der Waals surface area contributed by atoms with Gasteiger partial charge in [0, 0.05) is 0 Å². The van der Waals surface area contributed by atoms with Gasteiger partial charge in [0.25, 0.3) is 0 Å². The summed E-state index contributed by atoms with van der Waals surface area (Å²) in [5.41, 5.74) is 5.40. The van der Waals surface area contributed by atoms with Crippen LogP contribution in [0, 0.1) is 39.0 Å². The molecule has 0 saturated carbocycles. The van der Waals surface area contributed by atoms with E-state index in [4.69, 9.17) is 0 Å². The third-order valence-electron chi connectivity index (χ3n) is 3.27. The van der Waals surface area contributed by atoms with Gasteiger partial charge in [-0.2, -0.15) is 36.4 Å². The summed E-state index contributed by atoms with van der Waals surface area (Å²) in [4.78, 5) is 0. The third kappa shape index (κ3) is 20.9. The van der Waals surface area contributed by atoms with Crippen molar-refractivity contribution in [3.63, 3.8) is 0 Å². The van der Waals surface area contributed by atoms with Crippen molar-refractivity contribution in [2.24, 2.45) is 0 Å². The Hall–Kier alpha value is -2.99. The molecule has 0 atom stereocenters. The average molecular weight is 495 g/mol. The van der Waals surface area contributed by atoms with Gasteiger partial charge in [-0.3, -0.25) is 33.4 Å². The summed E-state index contributed by atoms with van der Waals surface area (Å²) in [6, 6.07) is 32.0. The monoisotopic (exact) mass is 494 g/mol. The molecule has 0 heterocycles. The summed E-state index contributed by atoms with van der Waals surface area (Å²) in [5, 5.41) is 0. The van der Waals surface area contributed by atoms with Gasteiger partial charge < -0.3 is 0 Å². The Balaban J connectivity index is -0.000000176. The van der Waals surface area contributed by atoms with Crippen LogP contribution in [0.15, 0.2) is 92.5 Å². The molecule has 0 N–H and O–H groups in total. The maximum atomic E-state index is 3.68. The minimum Gasteiger partial charge on any atom is -0.278 e. The molecule has 3 aromatic rings. The van der Waals surface area contributed by atoms with Gasteiger partial charge in [0.1, 0.15) is 0 Å². The Bertz CT molecular complexity index is 714. The maximum absolute atomic E-state index is 3.68. The molecular formula is C33H42Fe. The van der Waals surface area contributed by atoms with Crippen molar-refractivity contribution < 1.29 is 17.1 Å². The number of benzene rings is 3. The topological polar surface area (TPSA) is 0 Å².